The predicted octanol–water partition coefficient (Wildman–Crippen LogP) is 2.39. The summed E-state index contributed by atoms with van der Waals surface area (Å²) in [6.45, 7) is 4.03. The summed E-state index contributed by atoms with van der Waals surface area (Å²) in [6.07, 6.45) is 1.79. The van der Waals surface area contributed by atoms with Crippen LogP contribution in [-0.2, 0) is 0 Å². The maximum atomic E-state index is 5.97. The molecule has 1 aromatic carbocycles. The minimum Gasteiger partial charge on any atom is -0.497 e. The maximum Gasteiger partial charge on any atom is 0.125 e. The first-order chi connectivity index (χ1) is 8.13. The Morgan fingerprint density at radius 3 is 2.41 bits per heavy atom. The van der Waals surface area contributed by atoms with E-state index in [2.05, 4.69) is 12.0 Å². The lowest BCUT2D eigenvalue weighted by atomic mass is 10.1. The van der Waals surface area contributed by atoms with Crippen LogP contribution in [0.5, 0.6) is 5.75 Å². The Morgan fingerprint density at radius 1 is 1.29 bits per heavy atom. The lowest BCUT2D eigenvalue weighted by Crippen LogP contribution is -2.11. The van der Waals surface area contributed by atoms with E-state index < -0.39 is 0 Å². The second kappa shape index (κ2) is 4.49. The highest BCUT2D eigenvalue weighted by Crippen LogP contribution is 2.23. The maximum absolute atomic E-state index is 5.97. The van der Waals surface area contributed by atoms with Crippen molar-refractivity contribution in [2.75, 3.05) is 12.8 Å². The molecule has 17 heavy (non-hydrogen) atoms. The molecule has 0 aliphatic rings. The average molecular weight is 231 g/mol. The molecule has 2 N–H and O–H groups in total. The molecule has 0 saturated carbocycles. The highest BCUT2D eigenvalue weighted by molar-refractivity contribution is 5.39. The second-order valence-corrected chi connectivity index (χ2v) is 4.11. The summed E-state index contributed by atoms with van der Waals surface area (Å²) in [4.78, 5) is 0. The molecule has 0 amide bonds. The van der Waals surface area contributed by atoms with Gasteiger partial charge in [0.1, 0.15) is 11.6 Å². The van der Waals surface area contributed by atoms with Gasteiger partial charge in [0.05, 0.1) is 19.3 Å². The van der Waals surface area contributed by atoms with Crippen LogP contribution in [0.3, 0.4) is 0 Å². The van der Waals surface area contributed by atoms with Crippen molar-refractivity contribution in [3.05, 3.63) is 41.6 Å². The van der Waals surface area contributed by atoms with Gasteiger partial charge in [0.15, 0.2) is 0 Å². The van der Waals surface area contributed by atoms with Gasteiger partial charge in [-0.25, -0.2) is 4.68 Å². The number of anilines is 1. The fourth-order valence-electron chi connectivity index (χ4n) is 1.79. The molecule has 0 bridgehead atoms. The van der Waals surface area contributed by atoms with Gasteiger partial charge in [-0.15, -0.1) is 0 Å². The second-order valence-electron chi connectivity index (χ2n) is 4.11. The van der Waals surface area contributed by atoms with Crippen LogP contribution in [0.4, 0.5) is 5.82 Å². The summed E-state index contributed by atoms with van der Waals surface area (Å²) < 4.78 is 6.97. The number of benzene rings is 1. The zero-order valence-electron chi connectivity index (χ0n) is 10.3. The van der Waals surface area contributed by atoms with Gasteiger partial charge in [0.25, 0.3) is 0 Å². The van der Waals surface area contributed by atoms with Crippen LogP contribution in [-0.4, -0.2) is 16.9 Å². The highest BCUT2D eigenvalue weighted by Gasteiger charge is 2.12. The summed E-state index contributed by atoms with van der Waals surface area (Å²) >= 11 is 0. The summed E-state index contributed by atoms with van der Waals surface area (Å²) in [6, 6.07) is 8.06. The molecule has 1 unspecified atom stereocenters. The number of aryl methyl sites for hydroxylation is 1. The molecule has 90 valence electrons. The Balaban J connectivity index is 2.30. The van der Waals surface area contributed by atoms with Crippen molar-refractivity contribution in [1.82, 2.24) is 9.78 Å². The molecule has 0 saturated heterocycles. The molecule has 0 radical (unpaired) electrons. The van der Waals surface area contributed by atoms with Crippen molar-refractivity contribution in [1.29, 1.82) is 0 Å². The van der Waals surface area contributed by atoms with Gasteiger partial charge in [-0.3, -0.25) is 0 Å². The normalized spacial score (nSPS) is 12.4. The van der Waals surface area contributed by atoms with Crippen LogP contribution in [0.1, 0.15) is 24.1 Å². The van der Waals surface area contributed by atoms with E-state index in [9.17, 15) is 0 Å². The molecule has 0 spiro atoms. The molecule has 0 aliphatic heterocycles. The quantitative estimate of drug-likeness (QED) is 0.882. The Kier molecular flexibility index (Phi) is 3.04. The number of hydrogen-bond donors (Lipinski definition) is 1. The Hall–Kier alpha value is -1.97. The van der Waals surface area contributed by atoms with Gasteiger partial charge in [0, 0.05) is 5.56 Å². The van der Waals surface area contributed by atoms with Crippen molar-refractivity contribution in [3.63, 3.8) is 0 Å². The van der Waals surface area contributed by atoms with Crippen LogP contribution < -0.4 is 10.5 Å². The molecular formula is C13H17N3O. The SMILES string of the molecule is COc1ccc(C(C)n2ncc(C)c2N)cc1. The number of methoxy groups -OCH3 is 1. The van der Waals surface area contributed by atoms with Gasteiger partial charge in [-0.1, -0.05) is 12.1 Å². The van der Waals surface area contributed by atoms with E-state index in [1.165, 1.54) is 0 Å². The summed E-state index contributed by atoms with van der Waals surface area (Å²) in [5.74, 6) is 1.57. The van der Waals surface area contributed by atoms with Crippen LogP contribution in [0, 0.1) is 6.92 Å². The number of rotatable bonds is 3. The number of ether oxygens (including phenoxy) is 1. The predicted molar refractivity (Wildman–Crippen MR) is 68.2 cm³/mol. The molecule has 2 rings (SSSR count). The Labute approximate surface area is 101 Å². The van der Waals surface area contributed by atoms with E-state index in [-0.39, 0.29) is 6.04 Å². The minimum atomic E-state index is 0.120. The van der Waals surface area contributed by atoms with Crippen molar-refractivity contribution in [3.8, 4) is 5.75 Å². The highest BCUT2D eigenvalue weighted by atomic mass is 16.5. The zero-order valence-corrected chi connectivity index (χ0v) is 10.3. The van der Waals surface area contributed by atoms with E-state index in [1.807, 2.05) is 35.9 Å². The van der Waals surface area contributed by atoms with Gasteiger partial charge >= 0.3 is 0 Å². The molecule has 0 fully saturated rings. The first-order valence-corrected chi connectivity index (χ1v) is 5.57. The topological polar surface area (TPSA) is 53.1 Å². The fourth-order valence-corrected chi connectivity index (χ4v) is 1.79. The number of aromatic nitrogens is 2. The average Bonchev–Trinajstić information content (AvgIpc) is 2.69. The fraction of sp³-hybridized carbons (Fsp3) is 0.308. The molecule has 2 aromatic rings. The number of nitrogens with two attached hydrogens (primary N) is 1. The van der Waals surface area contributed by atoms with E-state index in [4.69, 9.17) is 10.5 Å². The zero-order chi connectivity index (χ0) is 12.4. The van der Waals surface area contributed by atoms with E-state index in [0.29, 0.717) is 5.82 Å². The van der Waals surface area contributed by atoms with Crippen LogP contribution >= 0.6 is 0 Å². The van der Waals surface area contributed by atoms with Crippen LogP contribution in [0.25, 0.3) is 0 Å². The van der Waals surface area contributed by atoms with Crippen molar-refractivity contribution in [2.45, 2.75) is 19.9 Å². The standard InChI is InChI=1S/C13H17N3O/c1-9-8-15-16(13(9)14)10(2)11-4-6-12(17-3)7-5-11/h4-8,10H,14H2,1-3H3. The number of hydrogen-bond acceptors (Lipinski definition) is 3. The molecule has 1 heterocycles. The third-order valence-electron chi connectivity index (χ3n) is 2.99. The largest absolute Gasteiger partial charge is 0.497 e. The molecule has 0 aliphatic carbocycles. The minimum absolute atomic E-state index is 0.120. The number of nitrogen functional groups attached to an aromatic ring is 1. The van der Waals surface area contributed by atoms with Crippen molar-refractivity contribution >= 4 is 5.82 Å². The van der Waals surface area contributed by atoms with E-state index in [1.54, 1.807) is 13.3 Å². The van der Waals surface area contributed by atoms with E-state index >= 15 is 0 Å². The third kappa shape index (κ3) is 2.11. The van der Waals surface area contributed by atoms with Crippen LogP contribution in [0.2, 0.25) is 0 Å². The lowest BCUT2D eigenvalue weighted by molar-refractivity contribution is 0.414. The van der Waals surface area contributed by atoms with Gasteiger partial charge in [-0.2, -0.15) is 5.10 Å². The van der Waals surface area contributed by atoms with Gasteiger partial charge in [0.2, 0.25) is 0 Å². The van der Waals surface area contributed by atoms with Crippen molar-refractivity contribution in [2.24, 2.45) is 0 Å². The molecule has 1 aromatic heterocycles. The summed E-state index contributed by atoms with van der Waals surface area (Å²) in [5, 5.41) is 4.29. The summed E-state index contributed by atoms with van der Waals surface area (Å²) in [7, 11) is 1.66. The molecular weight excluding hydrogens is 214 g/mol. The Morgan fingerprint density at radius 2 is 1.94 bits per heavy atom. The monoisotopic (exact) mass is 231 g/mol. The van der Waals surface area contributed by atoms with Crippen molar-refractivity contribution < 1.29 is 4.74 Å². The molecule has 1 atom stereocenters. The smallest absolute Gasteiger partial charge is 0.125 e. The van der Waals surface area contributed by atoms with Crippen LogP contribution in [0.15, 0.2) is 30.5 Å². The third-order valence-corrected chi connectivity index (χ3v) is 2.99. The first-order valence-electron chi connectivity index (χ1n) is 5.57. The van der Waals surface area contributed by atoms with E-state index in [0.717, 1.165) is 16.9 Å². The molecule has 4 heteroatoms. The number of nitrogens with zero attached hydrogens (tertiary/aromatic N) is 2. The van der Waals surface area contributed by atoms with Gasteiger partial charge < -0.3 is 10.5 Å². The molecule has 4 nitrogen and oxygen atoms in total. The first kappa shape index (κ1) is 11.5. The summed E-state index contributed by atoms with van der Waals surface area (Å²) in [5.41, 5.74) is 8.13. The Bertz CT molecular complexity index is 502. The lowest BCUT2D eigenvalue weighted by Gasteiger charge is -2.15. The van der Waals surface area contributed by atoms with Gasteiger partial charge in [-0.05, 0) is 31.5 Å².